The molecule has 7 nitrogen and oxygen atoms in total. The molecule has 0 saturated heterocycles. The van der Waals surface area contributed by atoms with E-state index < -0.39 is 12.1 Å². The summed E-state index contributed by atoms with van der Waals surface area (Å²) in [5.74, 6) is 1.35. The van der Waals surface area contributed by atoms with Gasteiger partial charge >= 0.3 is 5.97 Å². The summed E-state index contributed by atoms with van der Waals surface area (Å²) >= 11 is 0. The van der Waals surface area contributed by atoms with E-state index in [-0.39, 0.29) is 11.5 Å². The number of carbonyl (C=O) groups is 2. The molecule has 146 valence electrons. The third-order valence-electron chi connectivity index (χ3n) is 4.21. The largest absolute Gasteiger partial charge is 0.497 e. The first-order chi connectivity index (χ1) is 13.5. The molecule has 3 rings (SSSR count). The fraction of sp³-hybridized carbons (Fsp3) is 0.238. The Bertz CT molecular complexity index is 946. The Morgan fingerprint density at radius 2 is 1.79 bits per heavy atom. The Hall–Kier alpha value is -3.48. The smallest absolute Gasteiger partial charge is 0.346 e. The molecule has 1 aliphatic heterocycles. The van der Waals surface area contributed by atoms with Gasteiger partial charge in [0.15, 0.2) is 11.9 Å². The monoisotopic (exact) mass is 384 g/mol. The Kier molecular flexibility index (Phi) is 5.54. The highest BCUT2D eigenvalue weighted by Crippen LogP contribution is 2.36. The SMILES string of the molecule is COC(=O)[C@H](C)Oc1ccc2c(c1)O/C(=C\c1cc(OC)ccc1OC)C2=O. The fourth-order valence-electron chi connectivity index (χ4n) is 2.75. The van der Waals surface area contributed by atoms with Gasteiger partial charge in [0.25, 0.3) is 0 Å². The zero-order chi connectivity index (χ0) is 20.3. The maximum absolute atomic E-state index is 12.7. The lowest BCUT2D eigenvalue weighted by Gasteiger charge is -2.12. The van der Waals surface area contributed by atoms with Crippen LogP contribution in [0.15, 0.2) is 42.2 Å². The topological polar surface area (TPSA) is 80.3 Å². The number of ether oxygens (including phenoxy) is 5. The summed E-state index contributed by atoms with van der Waals surface area (Å²) in [7, 11) is 4.39. The van der Waals surface area contributed by atoms with Crippen molar-refractivity contribution in [2.75, 3.05) is 21.3 Å². The number of methoxy groups -OCH3 is 3. The molecular formula is C21H20O7. The van der Waals surface area contributed by atoms with E-state index in [1.807, 2.05) is 0 Å². The van der Waals surface area contributed by atoms with Crippen molar-refractivity contribution >= 4 is 17.8 Å². The van der Waals surface area contributed by atoms with E-state index >= 15 is 0 Å². The third-order valence-corrected chi connectivity index (χ3v) is 4.21. The molecule has 1 atom stereocenters. The summed E-state index contributed by atoms with van der Waals surface area (Å²) in [6, 6.07) is 10.0. The standard InChI is InChI=1S/C21H20O7/c1-12(21(23)26-4)27-15-5-7-16-18(11-15)28-19(20(16)22)10-13-9-14(24-2)6-8-17(13)25-3/h5-12H,1-4H3/b19-10-/t12-/m0/s1. The number of rotatable bonds is 6. The normalized spacial score (nSPS) is 14.9. The molecule has 2 aromatic rings. The van der Waals surface area contributed by atoms with Gasteiger partial charge in [0.05, 0.1) is 26.9 Å². The van der Waals surface area contributed by atoms with Crippen LogP contribution in [0.25, 0.3) is 6.08 Å². The zero-order valence-electron chi connectivity index (χ0n) is 16.0. The molecule has 0 radical (unpaired) electrons. The van der Waals surface area contributed by atoms with Crippen LogP contribution >= 0.6 is 0 Å². The van der Waals surface area contributed by atoms with Crippen LogP contribution in [0.3, 0.4) is 0 Å². The average Bonchev–Trinajstić information content (AvgIpc) is 3.01. The number of ketones is 1. The number of esters is 1. The van der Waals surface area contributed by atoms with Crippen molar-refractivity contribution in [1.29, 1.82) is 0 Å². The van der Waals surface area contributed by atoms with Crippen molar-refractivity contribution in [3.63, 3.8) is 0 Å². The Morgan fingerprint density at radius 3 is 2.46 bits per heavy atom. The molecule has 0 spiro atoms. The van der Waals surface area contributed by atoms with E-state index in [4.69, 9.17) is 18.9 Å². The summed E-state index contributed by atoms with van der Waals surface area (Å²) in [5, 5.41) is 0. The lowest BCUT2D eigenvalue weighted by molar-refractivity contribution is -0.147. The van der Waals surface area contributed by atoms with Gasteiger partial charge in [0.2, 0.25) is 5.78 Å². The Labute approximate surface area is 162 Å². The van der Waals surface area contributed by atoms with Gasteiger partial charge in [-0.25, -0.2) is 4.79 Å². The molecule has 7 heteroatoms. The van der Waals surface area contributed by atoms with Crippen LogP contribution in [0.1, 0.15) is 22.8 Å². The van der Waals surface area contributed by atoms with Crippen molar-refractivity contribution in [1.82, 2.24) is 0 Å². The second kappa shape index (κ2) is 8.04. The minimum Gasteiger partial charge on any atom is -0.497 e. The van der Waals surface area contributed by atoms with E-state index in [0.29, 0.717) is 34.1 Å². The van der Waals surface area contributed by atoms with Gasteiger partial charge in [-0.15, -0.1) is 0 Å². The third kappa shape index (κ3) is 3.78. The van der Waals surface area contributed by atoms with Crippen LogP contribution in [0, 0.1) is 0 Å². The summed E-state index contributed by atoms with van der Waals surface area (Å²) in [5.41, 5.74) is 1.06. The number of fused-ring (bicyclic) bond motifs is 1. The maximum atomic E-state index is 12.7. The molecule has 0 unspecified atom stereocenters. The van der Waals surface area contributed by atoms with Gasteiger partial charge in [-0.1, -0.05) is 0 Å². The molecule has 0 aliphatic carbocycles. The van der Waals surface area contributed by atoms with Crippen LogP contribution in [0.5, 0.6) is 23.0 Å². The van der Waals surface area contributed by atoms with Gasteiger partial charge in [-0.3, -0.25) is 4.79 Å². The quantitative estimate of drug-likeness (QED) is 0.559. The zero-order valence-corrected chi connectivity index (χ0v) is 16.0. The Morgan fingerprint density at radius 1 is 1.04 bits per heavy atom. The van der Waals surface area contributed by atoms with E-state index in [0.717, 1.165) is 0 Å². The van der Waals surface area contributed by atoms with Gasteiger partial charge in [-0.2, -0.15) is 0 Å². The molecular weight excluding hydrogens is 364 g/mol. The number of hydrogen-bond acceptors (Lipinski definition) is 7. The minimum atomic E-state index is -0.781. The van der Waals surface area contributed by atoms with Gasteiger partial charge in [-0.05, 0) is 43.3 Å². The predicted molar refractivity (Wildman–Crippen MR) is 101 cm³/mol. The maximum Gasteiger partial charge on any atom is 0.346 e. The molecule has 1 heterocycles. The summed E-state index contributed by atoms with van der Waals surface area (Å²) in [6.07, 6.45) is 0.817. The predicted octanol–water partition coefficient (Wildman–Crippen LogP) is 3.26. The van der Waals surface area contributed by atoms with Crippen LogP contribution < -0.4 is 18.9 Å². The number of hydrogen-bond donors (Lipinski definition) is 0. The molecule has 0 bridgehead atoms. The molecule has 28 heavy (non-hydrogen) atoms. The molecule has 2 aromatic carbocycles. The summed E-state index contributed by atoms with van der Waals surface area (Å²) in [4.78, 5) is 24.2. The van der Waals surface area contributed by atoms with E-state index in [2.05, 4.69) is 4.74 Å². The van der Waals surface area contributed by atoms with E-state index in [9.17, 15) is 9.59 Å². The van der Waals surface area contributed by atoms with Crippen molar-refractivity contribution in [3.05, 3.63) is 53.3 Å². The fourth-order valence-corrected chi connectivity index (χ4v) is 2.75. The van der Waals surface area contributed by atoms with E-state index in [1.54, 1.807) is 63.6 Å². The first-order valence-electron chi connectivity index (χ1n) is 8.51. The minimum absolute atomic E-state index is 0.153. The highest BCUT2D eigenvalue weighted by atomic mass is 16.6. The highest BCUT2D eigenvalue weighted by molar-refractivity contribution is 6.14. The second-order valence-electron chi connectivity index (χ2n) is 5.99. The molecule has 0 aromatic heterocycles. The molecule has 0 N–H and O–H groups in total. The molecule has 1 aliphatic rings. The van der Waals surface area contributed by atoms with E-state index in [1.165, 1.54) is 7.11 Å². The molecule has 0 amide bonds. The van der Waals surface area contributed by atoms with Crippen LogP contribution in [-0.4, -0.2) is 39.2 Å². The first kappa shape index (κ1) is 19.3. The number of benzene rings is 2. The van der Waals surface area contributed by atoms with Gasteiger partial charge in [0.1, 0.15) is 23.0 Å². The van der Waals surface area contributed by atoms with Crippen molar-refractivity contribution in [3.8, 4) is 23.0 Å². The van der Waals surface area contributed by atoms with Crippen LogP contribution in [-0.2, 0) is 9.53 Å². The second-order valence-corrected chi connectivity index (χ2v) is 5.99. The lowest BCUT2D eigenvalue weighted by Crippen LogP contribution is -2.24. The van der Waals surface area contributed by atoms with Crippen LogP contribution in [0.2, 0.25) is 0 Å². The molecule has 0 saturated carbocycles. The van der Waals surface area contributed by atoms with Crippen molar-refractivity contribution in [2.24, 2.45) is 0 Å². The molecule has 0 fully saturated rings. The van der Waals surface area contributed by atoms with Gasteiger partial charge < -0.3 is 23.7 Å². The van der Waals surface area contributed by atoms with Crippen LogP contribution in [0.4, 0.5) is 0 Å². The number of carbonyl (C=O) groups excluding carboxylic acids is 2. The average molecular weight is 384 g/mol. The van der Waals surface area contributed by atoms with Gasteiger partial charge in [0, 0.05) is 11.6 Å². The van der Waals surface area contributed by atoms with Crippen molar-refractivity contribution < 1.29 is 33.3 Å². The Balaban J connectivity index is 1.88. The summed E-state index contributed by atoms with van der Waals surface area (Å²) < 4.78 is 26.4. The van der Waals surface area contributed by atoms with Crippen molar-refractivity contribution in [2.45, 2.75) is 13.0 Å². The first-order valence-corrected chi connectivity index (χ1v) is 8.51. The summed E-state index contributed by atoms with van der Waals surface area (Å²) in [6.45, 7) is 1.57. The highest BCUT2D eigenvalue weighted by Gasteiger charge is 2.28. The lowest BCUT2D eigenvalue weighted by atomic mass is 10.1. The number of Topliss-reactive ketones (excluding diaryl/α,β-unsaturated/α-hetero) is 1. The number of allylic oxidation sites excluding steroid dienone is 1.